The van der Waals surface area contributed by atoms with Gasteiger partial charge in [0.1, 0.15) is 0 Å². The zero-order chi connectivity index (χ0) is 16.9. The highest BCUT2D eigenvalue weighted by atomic mass is 14.9. The lowest BCUT2D eigenvalue weighted by atomic mass is 10.0. The molecule has 0 amide bonds. The molecule has 0 atom stereocenters. The molecule has 0 saturated carbocycles. The van der Waals surface area contributed by atoms with Gasteiger partial charge in [-0.15, -0.1) is 0 Å². The summed E-state index contributed by atoms with van der Waals surface area (Å²) in [6.07, 6.45) is 3.67. The number of para-hydroxylation sites is 1. The van der Waals surface area contributed by atoms with Crippen molar-refractivity contribution >= 4 is 11.4 Å². The first-order valence-electron chi connectivity index (χ1n) is 8.32. The van der Waals surface area contributed by atoms with Gasteiger partial charge in [-0.25, -0.2) is 0 Å². The Balaban J connectivity index is 1.61. The lowest BCUT2D eigenvalue weighted by molar-refractivity contribution is 1.33. The van der Waals surface area contributed by atoms with E-state index in [-0.39, 0.29) is 0 Å². The molecular formula is C23H18N2. The van der Waals surface area contributed by atoms with Crippen LogP contribution >= 0.6 is 0 Å². The molecule has 0 radical (unpaired) electrons. The quantitative estimate of drug-likeness (QED) is 0.487. The van der Waals surface area contributed by atoms with Crippen LogP contribution in [0.4, 0.5) is 11.4 Å². The highest BCUT2D eigenvalue weighted by Gasteiger charge is 2.05. The van der Waals surface area contributed by atoms with E-state index in [1.807, 2.05) is 18.3 Å². The molecule has 0 saturated heterocycles. The Kier molecular flexibility index (Phi) is 4.25. The fourth-order valence-corrected chi connectivity index (χ4v) is 2.90. The van der Waals surface area contributed by atoms with Crippen LogP contribution in [0.1, 0.15) is 0 Å². The number of rotatable bonds is 4. The zero-order valence-electron chi connectivity index (χ0n) is 13.8. The maximum Gasteiger partial charge on any atom is 0.0463 e. The number of anilines is 2. The molecule has 25 heavy (non-hydrogen) atoms. The van der Waals surface area contributed by atoms with Gasteiger partial charge in [-0.1, -0.05) is 66.7 Å². The SMILES string of the molecule is c1ccc(-c2ccccc2Nc2ccc(-c3cccnc3)cc2)cc1. The number of pyridine rings is 1. The zero-order valence-corrected chi connectivity index (χ0v) is 13.8. The predicted molar refractivity (Wildman–Crippen MR) is 105 cm³/mol. The second kappa shape index (κ2) is 7.02. The number of hydrogen-bond acceptors (Lipinski definition) is 2. The van der Waals surface area contributed by atoms with Crippen molar-refractivity contribution in [3.8, 4) is 22.3 Å². The van der Waals surface area contributed by atoms with Gasteiger partial charge in [0.2, 0.25) is 0 Å². The summed E-state index contributed by atoms with van der Waals surface area (Å²) in [7, 11) is 0. The van der Waals surface area contributed by atoms with Crippen LogP contribution in [0.15, 0.2) is 103 Å². The van der Waals surface area contributed by atoms with Gasteiger partial charge >= 0.3 is 0 Å². The maximum atomic E-state index is 4.18. The highest BCUT2D eigenvalue weighted by molar-refractivity contribution is 5.81. The molecule has 1 aromatic heterocycles. The van der Waals surface area contributed by atoms with Crippen molar-refractivity contribution in [2.24, 2.45) is 0 Å². The Bertz CT molecular complexity index is 946. The van der Waals surface area contributed by atoms with E-state index in [2.05, 4.69) is 89.2 Å². The Morgan fingerprint density at radius 3 is 2.04 bits per heavy atom. The van der Waals surface area contributed by atoms with Gasteiger partial charge in [-0.2, -0.15) is 0 Å². The Hall–Kier alpha value is -3.39. The molecule has 1 N–H and O–H groups in total. The number of nitrogens with one attached hydrogen (secondary N) is 1. The third-order valence-corrected chi connectivity index (χ3v) is 4.17. The molecule has 3 aromatic carbocycles. The summed E-state index contributed by atoms with van der Waals surface area (Å²) in [5.74, 6) is 0. The van der Waals surface area contributed by atoms with E-state index < -0.39 is 0 Å². The molecule has 4 rings (SSSR count). The van der Waals surface area contributed by atoms with Crippen molar-refractivity contribution in [3.05, 3.63) is 103 Å². The first-order valence-corrected chi connectivity index (χ1v) is 8.32. The van der Waals surface area contributed by atoms with Crippen LogP contribution in [0.5, 0.6) is 0 Å². The van der Waals surface area contributed by atoms with Crippen molar-refractivity contribution in [1.29, 1.82) is 0 Å². The van der Waals surface area contributed by atoms with E-state index >= 15 is 0 Å². The number of benzene rings is 3. The molecule has 1 heterocycles. The molecule has 120 valence electrons. The Labute approximate surface area is 147 Å². The van der Waals surface area contributed by atoms with Gasteiger partial charge in [-0.05, 0) is 41.0 Å². The van der Waals surface area contributed by atoms with Crippen molar-refractivity contribution in [2.75, 3.05) is 5.32 Å². The molecule has 2 nitrogen and oxygen atoms in total. The second-order valence-electron chi connectivity index (χ2n) is 5.86. The minimum atomic E-state index is 1.07. The van der Waals surface area contributed by atoms with E-state index in [9.17, 15) is 0 Å². The molecular weight excluding hydrogens is 304 g/mol. The van der Waals surface area contributed by atoms with E-state index in [0.717, 1.165) is 22.5 Å². The van der Waals surface area contributed by atoms with Crippen molar-refractivity contribution < 1.29 is 0 Å². The van der Waals surface area contributed by atoms with Gasteiger partial charge in [0.05, 0.1) is 0 Å². The van der Waals surface area contributed by atoms with E-state index in [4.69, 9.17) is 0 Å². The largest absolute Gasteiger partial charge is 0.355 e. The van der Waals surface area contributed by atoms with Crippen LogP contribution in [0.25, 0.3) is 22.3 Å². The van der Waals surface area contributed by atoms with Crippen molar-refractivity contribution in [2.45, 2.75) is 0 Å². The van der Waals surface area contributed by atoms with Gasteiger partial charge in [0.15, 0.2) is 0 Å². The van der Waals surface area contributed by atoms with Crippen LogP contribution < -0.4 is 5.32 Å². The van der Waals surface area contributed by atoms with Crippen LogP contribution in [-0.2, 0) is 0 Å². The van der Waals surface area contributed by atoms with Crippen LogP contribution in [-0.4, -0.2) is 4.98 Å². The monoisotopic (exact) mass is 322 g/mol. The fourth-order valence-electron chi connectivity index (χ4n) is 2.90. The lowest BCUT2D eigenvalue weighted by Gasteiger charge is -2.13. The van der Waals surface area contributed by atoms with Gasteiger partial charge in [-0.3, -0.25) is 4.98 Å². The first kappa shape index (κ1) is 15.2. The standard InChI is InChI=1S/C23H18N2/c1-2-7-19(8-3-1)22-10-4-5-11-23(22)25-21-14-12-18(13-15-21)20-9-6-16-24-17-20/h1-17,25H. The van der Waals surface area contributed by atoms with E-state index in [1.165, 1.54) is 11.1 Å². The average Bonchev–Trinajstić information content (AvgIpc) is 2.70. The molecule has 0 aliphatic rings. The Morgan fingerprint density at radius 1 is 0.560 bits per heavy atom. The molecule has 4 aromatic rings. The van der Waals surface area contributed by atoms with E-state index in [0.29, 0.717) is 0 Å². The summed E-state index contributed by atoms with van der Waals surface area (Å²) < 4.78 is 0. The van der Waals surface area contributed by atoms with Gasteiger partial charge in [0.25, 0.3) is 0 Å². The fraction of sp³-hybridized carbons (Fsp3) is 0. The summed E-state index contributed by atoms with van der Waals surface area (Å²) in [5, 5.41) is 3.53. The predicted octanol–water partition coefficient (Wildman–Crippen LogP) is 6.16. The minimum absolute atomic E-state index is 1.07. The van der Waals surface area contributed by atoms with E-state index in [1.54, 1.807) is 6.20 Å². The molecule has 0 aliphatic carbocycles. The number of nitrogens with zero attached hydrogens (tertiary/aromatic N) is 1. The van der Waals surface area contributed by atoms with Crippen LogP contribution in [0.3, 0.4) is 0 Å². The molecule has 0 unspecified atom stereocenters. The smallest absolute Gasteiger partial charge is 0.0463 e. The molecule has 0 bridgehead atoms. The molecule has 0 fully saturated rings. The first-order chi connectivity index (χ1) is 12.4. The lowest BCUT2D eigenvalue weighted by Crippen LogP contribution is -1.93. The number of aromatic nitrogens is 1. The van der Waals surface area contributed by atoms with Crippen molar-refractivity contribution in [3.63, 3.8) is 0 Å². The number of hydrogen-bond donors (Lipinski definition) is 1. The van der Waals surface area contributed by atoms with Gasteiger partial charge in [0, 0.05) is 29.3 Å². The third kappa shape index (κ3) is 3.43. The summed E-state index contributed by atoms with van der Waals surface area (Å²) in [6.45, 7) is 0. The molecule has 0 aliphatic heterocycles. The molecule has 2 heteroatoms. The summed E-state index contributed by atoms with van der Waals surface area (Å²) in [6, 6.07) is 31.3. The van der Waals surface area contributed by atoms with Crippen LogP contribution in [0.2, 0.25) is 0 Å². The minimum Gasteiger partial charge on any atom is -0.355 e. The third-order valence-electron chi connectivity index (χ3n) is 4.17. The Morgan fingerprint density at radius 2 is 1.28 bits per heavy atom. The van der Waals surface area contributed by atoms with Crippen LogP contribution in [0, 0.1) is 0 Å². The highest BCUT2D eigenvalue weighted by Crippen LogP contribution is 2.30. The van der Waals surface area contributed by atoms with Crippen molar-refractivity contribution in [1.82, 2.24) is 4.98 Å². The molecule has 0 spiro atoms. The summed E-state index contributed by atoms with van der Waals surface area (Å²) in [4.78, 5) is 4.18. The normalized spacial score (nSPS) is 10.4. The topological polar surface area (TPSA) is 24.9 Å². The summed E-state index contributed by atoms with van der Waals surface area (Å²) >= 11 is 0. The summed E-state index contributed by atoms with van der Waals surface area (Å²) in [5.41, 5.74) is 6.85. The second-order valence-corrected chi connectivity index (χ2v) is 5.86. The maximum absolute atomic E-state index is 4.18. The van der Waals surface area contributed by atoms with Gasteiger partial charge < -0.3 is 5.32 Å². The average molecular weight is 322 g/mol.